The molecule has 0 bridgehead atoms. The minimum absolute atomic E-state index is 0.0223. The smallest absolute Gasteiger partial charge is 0.277 e. The summed E-state index contributed by atoms with van der Waals surface area (Å²) >= 11 is 0. The molecule has 1 rings (SSSR count). The summed E-state index contributed by atoms with van der Waals surface area (Å²) in [6, 6.07) is -0.0223. The zero-order valence-corrected chi connectivity index (χ0v) is 8.83. The Hall–Kier alpha value is -1.13. The SMILES string of the molecule is CCCn1c(CF)nn(C(C)C)c1=O. The monoisotopic (exact) mass is 201 g/mol. The zero-order chi connectivity index (χ0) is 10.7. The van der Waals surface area contributed by atoms with Crippen molar-refractivity contribution < 1.29 is 4.39 Å². The molecule has 0 aliphatic rings. The second-order valence-corrected chi connectivity index (χ2v) is 3.52. The second-order valence-electron chi connectivity index (χ2n) is 3.52. The van der Waals surface area contributed by atoms with E-state index in [0.717, 1.165) is 6.42 Å². The number of rotatable bonds is 4. The average Bonchev–Trinajstić information content (AvgIpc) is 2.45. The first-order chi connectivity index (χ1) is 6.61. The standard InChI is InChI=1S/C9H16FN3O/c1-4-5-12-8(6-10)11-13(7(2)3)9(12)14/h7H,4-6H2,1-3H3. The van der Waals surface area contributed by atoms with Crippen molar-refractivity contribution in [2.45, 2.75) is 46.5 Å². The van der Waals surface area contributed by atoms with Gasteiger partial charge in [-0.2, -0.15) is 5.10 Å². The van der Waals surface area contributed by atoms with Crippen molar-refractivity contribution in [3.8, 4) is 0 Å². The van der Waals surface area contributed by atoms with Crippen molar-refractivity contribution in [3.05, 3.63) is 16.3 Å². The van der Waals surface area contributed by atoms with Crippen molar-refractivity contribution in [1.29, 1.82) is 0 Å². The summed E-state index contributed by atoms with van der Waals surface area (Å²) in [6.07, 6.45) is 0.802. The van der Waals surface area contributed by atoms with Gasteiger partial charge in [0.05, 0.1) is 6.04 Å². The second kappa shape index (κ2) is 4.39. The summed E-state index contributed by atoms with van der Waals surface area (Å²) in [4.78, 5) is 11.7. The summed E-state index contributed by atoms with van der Waals surface area (Å²) in [7, 11) is 0. The van der Waals surface area contributed by atoms with E-state index in [1.807, 2.05) is 20.8 Å². The van der Waals surface area contributed by atoms with Gasteiger partial charge in [0.1, 0.15) is 6.67 Å². The summed E-state index contributed by atoms with van der Waals surface area (Å²) in [5.74, 6) is 0.227. The van der Waals surface area contributed by atoms with E-state index in [1.54, 1.807) is 0 Å². The number of hydrogen-bond donors (Lipinski definition) is 0. The Morgan fingerprint density at radius 1 is 1.50 bits per heavy atom. The van der Waals surface area contributed by atoms with Gasteiger partial charge in [0, 0.05) is 6.54 Å². The zero-order valence-electron chi connectivity index (χ0n) is 8.83. The van der Waals surface area contributed by atoms with Gasteiger partial charge in [-0.25, -0.2) is 13.9 Å². The predicted octanol–water partition coefficient (Wildman–Crippen LogP) is 1.51. The Bertz CT molecular complexity index is 353. The van der Waals surface area contributed by atoms with Crippen LogP contribution in [-0.2, 0) is 13.2 Å². The van der Waals surface area contributed by atoms with Crippen LogP contribution in [0.5, 0.6) is 0 Å². The van der Waals surface area contributed by atoms with Crippen LogP contribution in [0.25, 0.3) is 0 Å². The lowest BCUT2D eigenvalue weighted by Gasteiger charge is -2.01. The van der Waals surface area contributed by atoms with Gasteiger partial charge in [0.15, 0.2) is 5.82 Å². The van der Waals surface area contributed by atoms with E-state index in [0.29, 0.717) is 6.54 Å². The first-order valence-corrected chi connectivity index (χ1v) is 4.86. The molecule has 0 spiro atoms. The molecule has 0 aromatic carbocycles. The third kappa shape index (κ3) is 1.86. The van der Waals surface area contributed by atoms with Gasteiger partial charge in [0.25, 0.3) is 0 Å². The molecule has 14 heavy (non-hydrogen) atoms. The van der Waals surface area contributed by atoms with Crippen molar-refractivity contribution in [1.82, 2.24) is 14.3 Å². The number of halogens is 1. The molecule has 0 atom stereocenters. The molecule has 0 aliphatic carbocycles. The molecule has 0 unspecified atom stereocenters. The fraction of sp³-hybridized carbons (Fsp3) is 0.778. The Kier molecular flexibility index (Phi) is 3.43. The molecule has 4 nitrogen and oxygen atoms in total. The third-order valence-electron chi connectivity index (χ3n) is 2.02. The van der Waals surface area contributed by atoms with E-state index >= 15 is 0 Å². The van der Waals surface area contributed by atoms with Crippen molar-refractivity contribution in [2.75, 3.05) is 0 Å². The molecule has 0 aliphatic heterocycles. The van der Waals surface area contributed by atoms with Gasteiger partial charge in [-0.1, -0.05) is 6.92 Å². The molecule has 1 heterocycles. The minimum atomic E-state index is -0.686. The highest BCUT2D eigenvalue weighted by Crippen LogP contribution is 2.02. The molecule has 1 aromatic rings. The van der Waals surface area contributed by atoms with E-state index in [1.165, 1.54) is 9.25 Å². The quantitative estimate of drug-likeness (QED) is 0.740. The number of aromatic nitrogens is 3. The molecule has 0 saturated heterocycles. The molecule has 0 N–H and O–H groups in total. The number of alkyl halides is 1. The van der Waals surface area contributed by atoms with Gasteiger partial charge in [-0.3, -0.25) is 4.57 Å². The topological polar surface area (TPSA) is 39.8 Å². The lowest BCUT2D eigenvalue weighted by molar-refractivity contribution is 0.438. The molecule has 0 saturated carbocycles. The summed E-state index contributed by atoms with van der Waals surface area (Å²) in [6.45, 7) is 5.50. The third-order valence-corrected chi connectivity index (χ3v) is 2.02. The highest BCUT2D eigenvalue weighted by atomic mass is 19.1. The molecule has 0 radical (unpaired) electrons. The van der Waals surface area contributed by atoms with E-state index in [2.05, 4.69) is 5.10 Å². The molecular weight excluding hydrogens is 185 g/mol. The Morgan fingerprint density at radius 2 is 2.14 bits per heavy atom. The summed E-state index contributed by atoms with van der Waals surface area (Å²) in [5, 5.41) is 3.94. The Morgan fingerprint density at radius 3 is 2.57 bits per heavy atom. The first kappa shape index (κ1) is 10.9. The van der Waals surface area contributed by atoms with Crippen LogP contribution in [0.1, 0.15) is 39.1 Å². The highest BCUT2D eigenvalue weighted by Gasteiger charge is 2.13. The Labute approximate surface area is 82.3 Å². The summed E-state index contributed by atoms with van der Waals surface area (Å²) < 4.78 is 15.3. The van der Waals surface area contributed by atoms with Crippen LogP contribution >= 0.6 is 0 Å². The molecule has 0 fully saturated rings. The van der Waals surface area contributed by atoms with Gasteiger partial charge in [0.2, 0.25) is 0 Å². The van der Waals surface area contributed by atoms with Crippen molar-refractivity contribution >= 4 is 0 Å². The van der Waals surface area contributed by atoms with Gasteiger partial charge in [-0.05, 0) is 20.3 Å². The maximum absolute atomic E-state index is 12.5. The molecule has 80 valence electrons. The number of hydrogen-bond acceptors (Lipinski definition) is 2. The van der Waals surface area contributed by atoms with Crippen LogP contribution in [0.3, 0.4) is 0 Å². The van der Waals surface area contributed by atoms with Crippen LogP contribution < -0.4 is 5.69 Å². The highest BCUT2D eigenvalue weighted by molar-refractivity contribution is 4.86. The van der Waals surface area contributed by atoms with Crippen molar-refractivity contribution in [2.24, 2.45) is 0 Å². The lowest BCUT2D eigenvalue weighted by Crippen LogP contribution is -2.26. The first-order valence-electron chi connectivity index (χ1n) is 4.86. The van der Waals surface area contributed by atoms with Crippen LogP contribution in [0.15, 0.2) is 4.79 Å². The molecule has 5 heteroatoms. The van der Waals surface area contributed by atoms with E-state index in [-0.39, 0.29) is 17.6 Å². The van der Waals surface area contributed by atoms with Crippen LogP contribution in [0, 0.1) is 0 Å². The predicted molar refractivity (Wildman–Crippen MR) is 52.0 cm³/mol. The van der Waals surface area contributed by atoms with E-state index < -0.39 is 6.67 Å². The maximum Gasteiger partial charge on any atom is 0.346 e. The molecule has 1 aromatic heterocycles. The minimum Gasteiger partial charge on any atom is -0.277 e. The summed E-state index contributed by atoms with van der Waals surface area (Å²) in [5.41, 5.74) is -0.213. The van der Waals surface area contributed by atoms with Gasteiger partial charge >= 0.3 is 5.69 Å². The van der Waals surface area contributed by atoms with Crippen LogP contribution in [-0.4, -0.2) is 14.3 Å². The fourth-order valence-corrected chi connectivity index (χ4v) is 1.34. The van der Waals surface area contributed by atoms with E-state index in [4.69, 9.17) is 0 Å². The largest absolute Gasteiger partial charge is 0.346 e. The lowest BCUT2D eigenvalue weighted by atomic mass is 10.4. The molecular formula is C9H16FN3O. The van der Waals surface area contributed by atoms with Crippen LogP contribution in [0.4, 0.5) is 4.39 Å². The fourth-order valence-electron chi connectivity index (χ4n) is 1.34. The maximum atomic E-state index is 12.5. The molecule has 0 amide bonds. The number of nitrogens with zero attached hydrogens (tertiary/aromatic N) is 3. The van der Waals surface area contributed by atoms with Gasteiger partial charge in [-0.15, -0.1) is 0 Å². The van der Waals surface area contributed by atoms with Crippen LogP contribution in [0.2, 0.25) is 0 Å². The van der Waals surface area contributed by atoms with Crippen molar-refractivity contribution in [3.63, 3.8) is 0 Å². The normalized spacial score (nSPS) is 11.2. The average molecular weight is 201 g/mol. The van der Waals surface area contributed by atoms with Gasteiger partial charge < -0.3 is 0 Å². The Balaban J connectivity index is 3.19. The van der Waals surface area contributed by atoms with E-state index in [9.17, 15) is 9.18 Å².